The Kier molecular flexibility index (Phi) is 4.20. The predicted molar refractivity (Wildman–Crippen MR) is 86.3 cm³/mol. The van der Waals surface area contributed by atoms with Crippen molar-refractivity contribution in [3.05, 3.63) is 59.0 Å². The van der Waals surface area contributed by atoms with E-state index in [0.717, 1.165) is 10.5 Å². The second-order valence-electron chi connectivity index (χ2n) is 5.89. The number of carbonyl (C=O) groups excluding carboxylic acids is 3. The van der Waals surface area contributed by atoms with Crippen LogP contribution in [0, 0.1) is 6.92 Å². The van der Waals surface area contributed by atoms with Crippen LogP contribution in [0.3, 0.4) is 0 Å². The van der Waals surface area contributed by atoms with Crippen molar-refractivity contribution in [3.8, 4) is 0 Å². The third kappa shape index (κ3) is 2.95. The first-order chi connectivity index (χ1) is 11.5. The summed E-state index contributed by atoms with van der Waals surface area (Å²) in [6, 6.07) is 8.72. The van der Waals surface area contributed by atoms with Gasteiger partial charge in [0.2, 0.25) is 5.91 Å². The summed E-state index contributed by atoms with van der Waals surface area (Å²) >= 11 is 0. The summed E-state index contributed by atoms with van der Waals surface area (Å²) in [4.78, 5) is 39.5. The Hall–Kier alpha value is -2.89. The maximum absolute atomic E-state index is 12.4. The standard InChI is InChI=1S/C18H18N2O4/c1-12-5-6-14-15(10-12)18(23)20(17(14)22)8-7-16(21)19(2)11-13-4-3-9-24-13/h3-6,9-10H,7-8,11H2,1-2H3. The largest absolute Gasteiger partial charge is 0.467 e. The van der Waals surface area contributed by atoms with E-state index >= 15 is 0 Å². The van der Waals surface area contributed by atoms with Crippen molar-refractivity contribution in [2.75, 3.05) is 13.6 Å². The molecule has 24 heavy (non-hydrogen) atoms. The molecule has 1 aromatic heterocycles. The first-order valence-electron chi connectivity index (χ1n) is 7.70. The second-order valence-corrected chi connectivity index (χ2v) is 5.89. The number of aryl methyl sites for hydroxylation is 1. The number of furan rings is 1. The van der Waals surface area contributed by atoms with Gasteiger partial charge < -0.3 is 9.32 Å². The highest BCUT2D eigenvalue weighted by atomic mass is 16.3. The molecule has 1 aliphatic rings. The van der Waals surface area contributed by atoms with E-state index in [2.05, 4.69) is 0 Å². The zero-order valence-electron chi connectivity index (χ0n) is 13.6. The van der Waals surface area contributed by atoms with E-state index in [1.807, 2.05) is 6.92 Å². The topological polar surface area (TPSA) is 70.8 Å². The molecular formula is C18H18N2O4. The Labute approximate surface area is 139 Å². The summed E-state index contributed by atoms with van der Waals surface area (Å²) in [5.41, 5.74) is 1.74. The average Bonchev–Trinajstić information content (AvgIpc) is 3.14. The van der Waals surface area contributed by atoms with Crippen LogP contribution >= 0.6 is 0 Å². The van der Waals surface area contributed by atoms with Crippen LogP contribution in [-0.2, 0) is 11.3 Å². The fraction of sp³-hybridized carbons (Fsp3) is 0.278. The number of amides is 3. The molecule has 1 aromatic carbocycles. The van der Waals surface area contributed by atoms with E-state index < -0.39 is 0 Å². The van der Waals surface area contributed by atoms with Crippen LogP contribution in [0.5, 0.6) is 0 Å². The Morgan fingerprint density at radius 3 is 2.62 bits per heavy atom. The van der Waals surface area contributed by atoms with E-state index in [1.54, 1.807) is 43.6 Å². The molecule has 0 atom stereocenters. The molecule has 2 aromatic rings. The first-order valence-corrected chi connectivity index (χ1v) is 7.70. The highest BCUT2D eigenvalue weighted by Gasteiger charge is 2.35. The van der Waals surface area contributed by atoms with Gasteiger partial charge in [-0.3, -0.25) is 19.3 Å². The van der Waals surface area contributed by atoms with Crippen molar-refractivity contribution >= 4 is 17.7 Å². The third-order valence-corrected chi connectivity index (χ3v) is 4.07. The summed E-state index contributed by atoms with van der Waals surface area (Å²) in [7, 11) is 1.66. The smallest absolute Gasteiger partial charge is 0.261 e. The molecule has 0 radical (unpaired) electrons. The zero-order valence-corrected chi connectivity index (χ0v) is 13.6. The van der Waals surface area contributed by atoms with Crippen LogP contribution in [0.2, 0.25) is 0 Å². The van der Waals surface area contributed by atoms with E-state index in [0.29, 0.717) is 23.4 Å². The van der Waals surface area contributed by atoms with Crippen LogP contribution in [0.25, 0.3) is 0 Å². The van der Waals surface area contributed by atoms with Crippen molar-refractivity contribution in [3.63, 3.8) is 0 Å². The molecule has 0 saturated heterocycles. The van der Waals surface area contributed by atoms with Crippen molar-refractivity contribution < 1.29 is 18.8 Å². The summed E-state index contributed by atoms with van der Waals surface area (Å²) in [6.45, 7) is 2.30. The monoisotopic (exact) mass is 326 g/mol. The Morgan fingerprint density at radius 2 is 1.92 bits per heavy atom. The Bertz CT molecular complexity index is 795. The van der Waals surface area contributed by atoms with E-state index in [4.69, 9.17) is 4.42 Å². The van der Waals surface area contributed by atoms with Crippen molar-refractivity contribution in [2.24, 2.45) is 0 Å². The lowest BCUT2D eigenvalue weighted by Gasteiger charge is -2.18. The molecule has 0 unspecified atom stereocenters. The molecule has 0 bridgehead atoms. The van der Waals surface area contributed by atoms with Gasteiger partial charge in [0.1, 0.15) is 5.76 Å². The molecule has 0 aliphatic carbocycles. The molecule has 2 heterocycles. The fourth-order valence-electron chi connectivity index (χ4n) is 2.73. The molecule has 124 valence electrons. The second kappa shape index (κ2) is 6.31. The van der Waals surface area contributed by atoms with E-state index in [-0.39, 0.29) is 30.7 Å². The fourth-order valence-corrected chi connectivity index (χ4v) is 2.73. The van der Waals surface area contributed by atoms with Gasteiger partial charge in [-0.2, -0.15) is 0 Å². The quantitative estimate of drug-likeness (QED) is 0.790. The van der Waals surface area contributed by atoms with Crippen molar-refractivity contribution in [2.45, 2.75) is 19.9 Å². The molecule has 6 heteroatoms. The van der Waals surface area contributed by atoms with Crippen LogP contribution in [0.4, 0.5) is 0 Å². The minimum atomic E-state index is -0.337. The van der Waals surface area contributed by atoms with Gasteiger partial charge in [-0.25, -0.2) is 0 Å². The highest BCUT2D eigenvalue weighted by Crippen LogP contribution is 2.24. The van der Waals surface area contributed by atoms with Gasteiger partial charge in [-0.1, -0.05) is 11.6 Å². The van der Waals surface area contributed by atoms with Crippen LogP contribution in [-0.4, -0.2) is 41.1 Å². The lowest BCUT2D eigenvalue weighted by molar-refractivity contribution is -0.130. The van der Waals surface area contributed by atoms with Gasteiger partial charge in [0.15, 0.2) is 0 Å². The number of rotatable bonds is 5. The Balaban J connectivity index is 1.62. The van der Waals surface area contributed by atoms with Gasteiger partial charge >= 0.3 is 0 Å². The zero-order chi connectivity index (χ0) is 17.3. The minimum absolute atomic E-state index is 0.0761. The summed E-state index contributed by atoms with van der Waals surface area (Å²) in [6.07, 6.45) is 1.64. The Morgan fingerprint density at radius 1 is 1.17 bits per heavy atom. The maximum Gasteiger partial charge on any atom is 0.261 e. The van der Waals surface area contributed by atoms with Crippen LogP contribution < -0.4 is 0 Å². The van der Waals surface area contributed by atoms with Gasteiger partial charge in [-0.05, 0) is 31.2 Å². The first kappa shape index (κ1) is 16.0. The predicted octanol–water partition coefficient (Wildman–Crippen LogP) is 2.23. The number of carbonyl (C=O) groups is 3. The third-order valence-electron chi connectivity index (χ3n) is 4.07. The maximum atomic E-state index is 12.4. The molecule has 3 amide bonds. The molecular weight excluding hydrogens is 308 g/mol. The molecule has 0 saturated carbocycles. The van der Waals surface area contributed by atoms with E-state index in [9.17, 15) is 14.4 Å². The SMILES string of the molecule is Cc1ccc2c(c1)C(=O)N(CCC(=O)N(C)Cc1ccco1)C2=O. The van der Waals surface area contributed by atoms with Crippen LogP contribution in [0.15, 0.2) is 41.0 Å². The lowest BCUT2D eigenvalue weighted by Crippen LogP contribution is -2.35. The number of benzene rings is 1. The van der Waals surface area contributed by atoms with E-state index in [1.165, 1.54) is 4.90 Å². The number of imide groups is 1. The molecule has 0 fully saturated rings. The number of fused-ring (bicyclic) bond motifs is 1. The molecule has 0 spiro atoms. The number of nitrogens with zero attached hydrogens (tertiary/aromatic N) is 2. The van der Waals surface area contributed by atoms with Gasteiger partial charge in [0.25, 0.3) is 11.8 Å². The van der Waals surface area contributed by atoms with Gasteiger partial charge in [-0.15, -0.1) is 0 Å². The molecule has 1 aliphatic heterocycles. The average molecular weight is 326 g/mol. The summed E-state index contributed by atoms with van der Waals surface area (Å²) in [5.74, 6) is -0.141. The van der Waals surface area contributed by atoms with Gasteiger partial charge in [0, 0.05) is 20.0 Å². The highest BCUT2D eigenvalue weighted by molar-refractivity contribution is 6.21. The van der Waals surface area contributed by atoms with Crippen molar-refractivity contribution in [1.29, 1.82) is 0 Å². The normalized spacial score (nSPS) is 13.3. The summed E-state index contributed by atoms with van der Waals surface area (Å²) in [5, 5.41) is 0. The lowest BCUT2D eigenvalue weighted by atomic mass is 10.1. The minimum Gasteiger partial charge on any atom is -0.467 e. The molecule has 6 nitrogen and oxygen atoms in total. The van der Waals surface area contributed by atoms with Crippen molar-refractivity contribution in [1.82, 2.24) is 9.80 Å². The molecule has 3 rings (SSSR count). The molecule has 0 N–H and O–H groups in total. The number of hydrogen-bond acceptors (Lipinski definition) is 4. The van der Waals surface area contributed by atoms with Gasteiger partial charge in [0.05, 0.1) is 23.9 Å². The number of hydrogen-bond donors (Lipinski definition) is 0. The van der Waals surface area contributed by atoms with Crippen LogP contribution in [0.1, 0.15) is 38.5 Å². The summed E-state index contributed by atoms with van der Waals surface area (Å²) < 4.78 is 5.21.